The molecule has 1 unspecified atom stereocenters. The Balaban J connectivity index is 1.87. The molecule has 1 aromatic rings. The first-order chi connectivity index (χ1) is 8.25. The molecule has 1 heterocycles. The summed E-state index contributed by atoms with van der Waals surface area (Å²) in [6, 6.07) is -0.119. The number of H-pyrrole nitrogens is 1. The van der Waals surface area contributed by atoms with Crippen molar-refractivity contribution in [3.63, 3.8) is 0 Å². The molecule has 1 aliphatic rings. The van der Waals surface area contributed by atoms with E-state index >= 15 is 0 Å². The number of aromatic nitrogens is 2. The van der Waals surface area contributed by atoms with E-state index in [-0.39, 0.29) is 6.04 Å². The van der Waals surface area contributed by atoms with Crippen molar-refractivity contribution in [2.75, 3.05) is 0 Å². The minimum atomic E-state index is -0.119. The monoisotopic (exact) mass is 230 g/mol. The molecule has 17 heavy (non-hydrogen) atoms. The molecule has 1 aromatic heterocycles. The van der Waals surface area contributed by atoms with Crippen LogP contribution in [0, 0.1) is 0 Å². The van der Waals surface area contributed by atoms with Gasteiger partial charge in [0.25, 0.3) is 0 Å². The van der Waals surface area contributed by atoms with Crippen LogP contribution in [-0.4, -0.2) is 16.0 Å². The van der Waals surface area contributed by atoms with Crippen molar-refractivity contribution in [3.05, 3.63) is 54.4 Å². The minimum Gasteiger partial charge on any atom is -0.358 e. The van der Waals surface area contributed by atoms with E-state index in [1.54, 1.807) is 12.5 Å². The Labute approximate surface area is 101 Å². The van der Waals surface area contributed by atoms with Gasteiger partial charge in [0.15, 0.2) is 0 Å². The number of hydrogen-bond donors (Lipinski definition) is 3. The Bertz CT molecular complexity index is 428. The molecule has 1 atom stereocenters. The fourth-order valence-corrected chi connectivity index (χ4v) is 1.74. The van der Waals surface area contributed by atoms with Gasteiger partial charge in [-0.1, -0.05) is 18.7 Å². The average molecular weight is 230 g/mol. The summed E-state index contributed by atoms with van der Waals surface area (Å²) < 4.78 is 0. The third-order valence-corrected chi connectivity index (χ3v) is 2.74. The second-order valence-corrected chi connectivity index (χ2v) is 4.18. The highest BCUT2D eigenvalue weighted by atomic mass is 14.9. The van der Waals surface area contributed by atoms with E-state index in [0.717, 1.165) is 29.9 Å². The zero-order valence-electron chi connectivity index (χ0n) is 9.82. The summed E-state index contributed by atoms with van der Waals surface area (Å²) in [6.45, 7) is 3.98. The Hall–Kier alpha value is -1.81. The lowest BCUT2D eigenvalue weighted by molar-refractivity contribution is 0.703. The molecule has 0 spiro atoms. The van der Waals surface area contributed by atoms with Gasteiger partial charge in [-0.3, -0.25) is 0 Å². The third kappa shape index (κ3) is 3.32. The molecule has 0 saturated carbocycles. The lowest BCUT2D eigenvalue weighted by atomic mass is 10.1. The van der Waals surface area contributed by atoms with Gasteiger partial charge in [-0.25, -0.2) is 4.98 Å². The summed E-state index contributed by atoms with van der Waals surface area (Å²) in [4.78, 5) is 7.00. The second-order valence-electron chi connectivity index (χ2n) is 4.18. The maximum absolute atomic E-state index is 6.06. The first kappa shape index (κ1) is 11.7. The third-order valence-electron chi connectivity index (χ3n) is 2.74. The minimum absolute atomic E-state index is 0.119. The fraction of sp³-hybridized carbons (Fsp3) is 0.308. The molecule has 0 aliphatic heterocycles. The first-order valence-electron chi connectivity index (χ1n) is 5.81. The van der Waals surface area contributed by atoms with Gasteiger partial charge >= 0.3 is 0 Å². The van der Waals surface area contributed by atoms with Crippen LogP contribution in [0.25, 0.3) is 0 Å². The Kier molecular flexibility index (Phi) is 3.77. The van der Waals surface area contributed by atoms with Gasteiger partial charge in [-0.2, -0.15) is 0 Å². The molecule has 2 rings (SSSR count). The van der Waals surface area contributed by atoms with Gasteiger partial charge in [0.2, 0.25) is 0 Å². The van der Waals surface area contributed by atoms with Crippen molar-refractivity contribution in [2.45, 2.75) is 25.3 Å². The van der Waals surface area contributed by atoms with E-state index in [2.05, 4.69) is 40.1 Å². The average Bonchev–Trinajstić information content (AvgIpc) is 2.83. The number of allylic oxidation sites excluding steroid dienone is 3. The maximum Gasteiger partial charge on any atom is 0.0921 e. The van der Waals surface area contributed by atoms with Crippen LogP contribution in [0.4, 0.5) is 0 Å². The number of imidazole rings is 1. The van der Waals surface area contributed by atoms with Gasteiger partial charge in [0, 0.05) is 35.7 Å². The largest absolute Gasteiger partial charge is 0.358 e. The predicted molar refractivity (Wildman–Crippen MR) is 69.0 cm³/mol. The van der Waals surface area contributed by atoms with Crippen LogP contribution in [0.2, 0.25) is 0 Å². The summed E-state index contributed by atoms with van der Waals surface area (Å²) in [6.07, 6.45) is 12.7. The molecule has 0 amide bonds. The van der Waals surface area contributed by atoms with Gasteiger partial charge in [0.1, 0.15) is 0 Å². The van der Waals surface area contributed by atoms with Crippen molar-refractivity contribution in [2.24, 2.45) is 5.73 Å². The fourth-order valence-electron chi connectivity index (χ4n) is 1.74. The van der Waals surface area contributed by atoms with Crippen molar-refractivity contribution in [3.8, 4) is 0 Å². The molecule has 1 aliphatic carbocycles. The van der Waals surface area contributed by atoms with E-state index in [9.17, 15) is 0 Å². The van der Waals surface area contributed by atoms with Crippen LogP contribution in [0.5, 0.6) is 0 Å². The number of hydrogen-bond acceptors (Lipinski definition) is 3. The predicted octanol–water partition coefficient (Wildman–Crippen LogP) is 1.62. The van der Waals surface area contributed by atoms with Crippen molar-refractivity contribution in [1.29, 1.82) is 0 Å². The topological polar surface area (TPSA) is 66.7 Å². The number of nitrogens with one attached hydrogen (secondary N) is 2. The van der Waals surface area contributed by atoms with Gasteiger partial charge < -0.3 is 16.0 Å². The van der Waals surface area contributed by atoms with E-state index in [4.69, 9.17) is 5.73 Å². The van der Waals surface area contributed by atoms with Gasteiger partial charge in [-0.05, 0) is 18.9 Å². The number of aromatic amines is 1. The van der Waals surface area contributed by atoms with Crippen molar-refractivity contribution in [1.82, 2.24) is 15.3 Å². The summed E-state index contributed by atoms with van der Waals surface area (Å²) in [5.74, 6) is 0. The molecule has 90 valence electrons. The first-order valence-corrected chi connectivity index (χ1v) is 5.81. The van der Waals surface area contributed by atoms with Crippen LogP contribution >= 0.6 is 0 Å². The molecule has 0 saturated heterocycles. The van der Waals surface area contributed by atoms with Crippen molar-refractivity contribution >= 4 is 0 Å². The van der Waals surface area contributed by atoms with Gasteiger partial charge in [-0.15, -0.1) is 0 Å². The van der Waals surface area contributed by atoms with E-state index in [1.165, 1.54) is 0 Å². The Morgan fingerprint density at radius 1 is 1.59 bits per heavy atom. The lowest BCUT2D eigenvalue weighted by Crippen LogP contribution is -2.32. The van der Waals surface area contributed by atoms with Crippen LogP contribution < -0.4 is 11.1 Å². The zero-order valence-corrected chi connectivity index (χ0v) is 9.82. The molecule has 0 aromatic carbocycles. The highest BCUT2D eigenvalue weighted by molar-refractivity contribution is 5.25. The maximum atomic E-state index is 6.06. The summed E-state index contributed by atoms with van der Waals surface area (Å²) in [7, 11) is 0. The van der Waals surface area contributed by atoms with Gasteiger partial charge in [0.05, 0.1) is 6.33 Å². The quantitative estimate of drug-likeness (QED) is 0.720. The highest BCUT2D eigenvalue weighted by Crippen LogP contribution is 2.10. The van der Waals surface area contributed by atoms with E-state index in [0.29, 0.717) is 6.42 Å². The van der Waals surface area contributed by atoms with Crippen LogP contribution in [0.1, 0.15) is 18.5 Å². The standard InChI is InChI=1S/C13H18N4/c1-10(17-11-5-3-2-4-6-11)13(14)7-12-8-15-9-16-12/h3,5-6,8-9,13,17H,1-2,4,7,14H2,(H,15,16). The normalized spacial score (nSPS) is 16.4. The molecule has 4 nitrogen and oxygen atoms in total. The van der Waals surface area contributed by atoms with E-state index in [1.807, 2.05) is 0 Å². The summed E-state index contributed by atoms with van der Waals surface area (Å²) >= 11 is 0. The SMILES string of the molecule is C=C(NC1=CCCC=C1)C(N)Cc1cnc[nH]1. The van der Waals surface area contributed by atoms with Crippen LogP contribution in [-0.2, 0) is 6.42 Å². The molecular weight excluding hydrogens is 212 g/mol. The number of nitrogens with two attached hydrogens (primary N) is 1. The molecule has 0 fully saturated rings. The number of nitrogens with zero attached hydrogens (tertiary/aromatic N) is 1. The smallest absolute Gasteiger partial charge is 0.0921 e. The summed E-state index contributed by atoms with van der Waals surface area (Å²) in [5, 5.41) is 3.25. The molecule has 0 radical (unpaired) electrons. The Morgan fingerprint density at radius 3 is 3.12 bits per heavy atom. The van der Waals surface area contributed by atoms with Crippen LogP contribution in [0.15, 0.2) is 48.7 Å². The number of rotatable bonds is 5. The summed E-state index contributed by atoms with van der Waals surface area (Å²) in [5.41, 5.74) is 9.00. The zero-order chi connectivity index (χ0) is 12.1. The molecule has 4 N–H and O–H groups in total. The van der Waals surface area contributed by atoms with Crippen LogP contribution in [0.3, 0.4) is 0 Å². The molecule has 4 heteroatoms. The second kappa shape index (κ2) is 5.50. The van der Waals surface area contributed by atoms with E-state index < -0.39 is 0 Å². The lowest BCUT2D eigenvalue weighted by Gasteiger charge is -2.18. The van der Waals surface area contributed by atoms with Crippen molar-refractivity contribution < 1.29 is 0 Å². The molecular formula is C13H18N4. The Morgan fingerprint density at radius 2 is 2.47 bits per heavy atom. The highest BCUT2D eigenvalue weighted by Gasteiger charge is 2.10. The molecule has 0 bridgehead atoms.